The van der Waals surface area contributed by atoms with E-state index in [1.807, 2.05) is 0 Å². The number of aliphatic hydroxyl groups excluding tert-OH is 1. The smallest absolute Gasteiger partial charge is 0.338 e. The van der Waals surface area contributed by atoms with E-state index in [1.165, 1.54) is 24.3 Å². The number of hydrogen-bond donors (Lipinski definition) is 1. The van der Waals surface area contributed by atoms with Crippen molar-refractivity contribution in [2.75, 3.05) is 13.2 Å². The topological polar surface area (TPSA) is 82.1 Å². The Labute approximate surface area is 166 Å². The third-order valence-corrected chi connectivity index (χ3v) is 4.96. The molecule has 0 bridgehead atoms. The summed E-state index contributed by atoms with van der Waals surface area (Å²) in [5.41, 5.74) is -1.66. The van der Waals surface area contributed by atoms with Gasteiger partial charge < -0.3 is 19.3 Å². The fourth-order valence-corrected chi connectivity index (χ4v) is 2.98. The molecular weight excluding hydrogens is 386 g/mol. The van der Waals surface area contributed by atoms with Crippen molar-refractivity contribution in [1.82, 2.24) is 0 Å². The van der Waals surface area contributed by atoms with Crippen molar-refractivity contribution < 1.29 is 37.7 Å². The van der Waals surface area contributed by atoms with E-state index in [2.05, 4.69) is 0 Å². The van der Waals surface area contributed by atoms with Crippen molar-refractivity contribution in [2.24, 2.45) is 5.41 Å². The third-order valence-electron chi connectivity index (χ3n) is 4.96. The lowest BCUT2D eigenvalue weighted by Crippen LogP contribution is -2.49. The molecule has 0 radical (unpaired) electrons. The Morgan fingerprint density at radius 1 is 0.966 bits per heavy atom. The summed E-state index contributed by atoms with van der Waals surface area (Å²) in [6.07, 6.45) is -3.80. The van der Waals surface area contributed by atoms with E-state index in [9.17, 15) is 23.5 Å². The van der Waals surface area contributed by atoms with Gasteiger partial charge in [0.2, 0.25) is 6.29 Å². The summed E-state index contributed by atoms with van der Waals surface area (Å²) in [4.78, 5) is 24.2. The van der Waals surface area contributed by atoms with Crippen LogP contribution >= 0.6 is 0 Å². The molecule has 3 atom stereocenters. The van der Waals surface area contributed by atoms with Crippen LogP contribution in [0.3, 0.4) is 0 Å². The van der Waals surface area contributed by atoms with E-state index in [4.69, 9.17) is 14.2 Å². The first-order valence-corrected chi connectivity index (χ1v) is 8.91. The SMILES string of the molecule is C[C@@]1(COC(=O)c2ccccc2)[C@@H](COC(=O)c2ccccc2)O[C@@H](O)C1(F)F. The molecule has 154 valence electrons. The van der Waals surface area contributed by atoms with Gasteiger partial charge in [-0.15, -0.1) is 0 Å². The second-order valence-corrected chi connectivity index (χ2v) is 6.92. The van der Waals surface area contributed by atoms with Gasteiger partial charge in [-0.25, -0.2) is 18.4 Å². The van der Waals surface area contributed by atoms with Crippen LogP contribution in [0.5, 0.6) is 0 Å². The molecule has 8 heteroatoms. The lowest BCUT2D eigenvalue weighted by Gasteiger charge is -2.33. The number of carbonyl (C=O) groups excluding carboxylic acids is 2. The Bertz CT molecular complexity index is 858. The zero-order chi connectivity index (χ0) is 21.1. The van der Waals surface area contributed by atoms with Crippen molar-refractivity contribution in [3.8, 4) is 0 Å². The van der Waals surface area contributed by atoms with Crippen LogP contribution in [-0.2, 0) is 14.2 Å². The van der Waals surface area contributed by atoms with Gasteiger partial charge >= 0.3 is 17.9 Å². The fraction of sp³-hybridized carbons (Fsp3) is 0.333. The summed E-state index contributed by atoms with van der Waals surface area (Å²) < 4.78 is 44.4. The zero-order valence-corrected chi connectivity index (χ0v) is 15.6. The van der Waals surface area contributed by atoms with Crippen LogP contribution in [0.15, 0.2) is 60.7 Å². The van der Waals surface area contributed by atoms with Crippen LogP contribution in [0.1, 0.15) is 27.6 Å². The van der Waals surface area contributed by atoms with Gasteiger partial charge in [0.1, 0.15) is 24.7 Å². The molecule has 1 fully saturated rings. The van der Waals surface area contributed by atoms with E-state index in [-0.39, 0.29) is 11.1 Å². The fourth-order valence-electron chi connectivity index (χ4n) is 2.98. The van der Waals surface area contributed by atoms with Gasteiger partial charge in [-0.1, -0.05) is 36.4 Å². The first kappa shape index (κ1) is 20.9. The largest absolute Gasteiger partial charge is 0.461 e. The number of hydrogen-bond acceptors (Lipinski definition) is 6. The van der Waals surface area contributed by atoms with Gasteiger partial charge in [0.25, 0.3) is 0 Å². The highest BCUT2D eigenvalue weighted by Crippen LogP contribution is 2.50. The molecule has 0 saturated carbocycles. The number of aliphatic hydroxyl groups is 1. The summed E-state index contributed by atoms with van der Waals surface area (Å²) in [5.74, 6) is -5.24. The Hall–Kier alpha value is -2.84. The normalized spacial score (nSPS) is 25.4. The predicted molar refractivity (Wildman–Crippen MR) is 97.4 cm³/mol. The minimum Gasteiger partial charge on any atom is -0.461 e. The van der Waals surface area contributed by atoms with E-state index >= 15 is 0 Å². The van der Waals surface area contributed by atoms with Crippen LogP contribution in [-0.4, -0.2) is 48.6 Å². The lowest BCUT2D eigenvalue weighted by molar-refractivity contribution is -0.206. The van der Waals surface area contributed by atoms with Gasteiger partial charge in [-0.2, -0.15) is 0 Å². The Morgan fingerprint density at radius 3 is 1.97 bits per heavy atom. The molecule has 0 unspecified atom stereocenters. The van der Waals surface area contributed by atoms with E-state index in [0.717, 1.165) is 6.92 Å². The van der Waals surface area contributed by atoms with Crippen molar-refractivity contribution >= 4 is 11.9 Å². The molecule has 0 spiro atoms. The molecule has 1 heterocycles. The Kier molecular flexibility index (Phi) is 5.95. The molecule has 2 aromatic carbocycles. The second-order valence-electron chi connectivity index (χ2n) is 6.92. The average Bonchev–Trinajstić information content (AvgIpc) is 2.91. The molecule has 1 aliphatic rings. The molecule has 1 N–H and O–H groups in total. The van der Waals surface area contributed by atoms with Crippen molar-refractivity contribution in [1.29, 1.82) is 0 Å². The molecule has 1 aliphatic heterocycles. The summed E-state index contributed by atoms with van der Waals surface area (Å²) >= 11 is 0. The third kappa shape index (κ3) is 4.13. The first-order valence-electron chi connectivity index (χ1n) is 8.91. The predicted octanol–water partition coefficient (Wildman–Crippen LogP) is 3.06. The molecular formula is C21H20F2O6. The van der Waals surface area contributed by atoms with Crippen LogP contribution in [0.2, 0.25) is 0 Å². The Morgan fingerprint density at radius 2 is 1.45 bits per heavy atom. The van der Waals surface area contributed by atoms with Gasteiger partial charge in [0.15, 0.2) is 0 Å². The molecule has 1 saturated heterocycles. The highest BCUT2D eigenvalue weighted by molar-refractivity contribution is 5.89. The van der Waals surface area contributed by atoms with E-state index < -0.39 is 48.9 Å². The summed E-state index contributed by atoms with van der Waals surface area (Å²) in [7, 11) is 0. The minimum atomic E-state index is -3.73. The van der Waals surface area contributed by atoms with Gasteiger partial charge in [-0.05, 0) is 31.2 Å². The maximum atomic E-state index is 14.6. The zero-order valence-electron chi connectivity index (χ0n) is 15.6. The number of carbonyl (C=O) groups is 2. The highest BCUT2D eigenvalue weighted by atomic mass is 19.3. The molecule has 0 amide bonds. The second kappa shape index (κ2) is 8.26. The average molecular weight is 406 g/mol. The Balaban J connectivity index is 1.70. The van der Waals surface area contributed by atoms with Crippen molar-refractivity contribution in [3.05, 3.63) is 71.8 Å². The standard InChI is InChI=1S/C21H20F2O6/c1-20(13-28-18(25)15-10-6-3-7-11-15)16(29-19(26)21(20,22)23)12-27-17(24)14-8-4-2-5-9-14/h2-11,16,19,26H,12-13H2,1H3/t16-,19-,20-/m1/s1. The molecule has 3 rings (SSSR count). The maximum absolute atomic E-state index is 14.6. The molecule has 0 aromatic heterocycles. The monoisotopic (exact) mass is 406 g/mol. The number of rotatable bonds is 6. The molecule has 6 nitrogen and oxygen atoms in total. The number of esters is 2. The number of ether oxygens (including phenoxy) is 3. The van der Waals surface area contributed by atoms with E-state index in [0.29, 0.717) is 0 Å². The molecule has 2 aromatic rings. The number of alkyl halides is 2. The van der Waals surface area contributed by atoms with Gasteiger partial charge in [-0.3, -0.25) is 0 Å². The van der Waals surface area contributed by atoms with Crippen molar-refractivity contribution in [2.45, 2.75) is 25.2 Å². The van der Waals surface area contributed by atoms with Gasteiger partial charge in [0.05, 0.1) is 11.1 Å². The number of benzene rings is 2. The summed E-state index contributed by atoms with van der Waals surface area (Å²) in [6.45, 7) is -0.166. The van der Waals surface area contributed by atoms with E-state index in [1.54, 1.807) is 36.4 Å². The van der Waals surface area contributed by atoms with Crippen LogP contribution in [0.4, 0.5) is 8.78 Å². The maximum Gasteiger partial charge on any atom is 0.338 e. The first-order chi connectivity index (χ1) is 13.8. The number of halogens is 2. The molecule has 0 aliphatic carbocycles. The highest BCUT2D eigenvalue weighted by Gasteiger charge is 2.67. The van der Waals surface area contributed by atoms with Crippen molar-refractivity contribution in [3.63, 3.8) is 0 Å². The lowest BCUT2D eigenvalue weighted by atomic mass is 9.80. The van der Waals surface area contributed by atoms with Gasteiger partial charge in [0, 0.05) is 0 Å². The quantitative estimate of drug-likeness (QED) is 0.743. The minimum absolute atomic E-state index is 0.200. The van der Waals surface area contributed by atoms with Crippen LogP contribution in [0.25, 0.3) is 0 Å². The summed E-state index contributed by atoms with van der Waals surface area (Å²) in [5, 5.41) is 9.67. The van der Waals surface area contributed by atoms with Crippen LogP contribution < -0.4 is 0 Å². The van der Waals surface area contributed by atoms with Crippen LogP contribution in [0, 0.1) is 5.41 Å². The summed E-state index contributed by atoms with van der Waals surface area (Å²) in [6, 6.07) is 15.9. The molecule has 29 heavy (non-hydrogen) atoms.